The number of carbonyl (C=O) groups is 2. The third kappa shape index (κ3) is 5.77. The van der Waals surface area contributed by atoms with E-state index in [-0.39, 0.29) is 42.9 Å². The molecule has 8 nitrogen and oxygen atoms in total. The van der Waals surface area contributed by atoms with Gasteiger partial charge in [-0.1, -0.05) is 6.92 Å². The maximum absolute atomic E-state index is 13.4. The van der Waals surface area contributed by atoms with E-state index in [0.717, 1.165) is 5.69 Å². The lowest BCUT2D eigenvalue weighted by Gasteiger charge is -2.38. The van der Waals surface area contributed by atoms with Crippen LogP contribution < -0.4 is 15.0 Å². The van der Waals surface area contributed by atoms with Crippen molar-refractivity contribution < 1.29 is 23.8 Å². The van der Waals surface area contributed by atoms with Crippen molar-refractivity contribution in [3.63, 3.8) is 0 Å². The van der Waals surface area contributed by atoms with E-state index in [4.69, 9.17) is 4.74 Å². The van der Waals surface area contributed by atoms with Crippen molar-refractivity contribution in [1.29, 1.82) is 0 Å². The molecule has 0 bridgehead atoms. The van der Waals surface area contributed by atoms with Crippen LogP contribution in [-0.4, -0.2) is 79.8 Å². The number of anilines is 2. The number of ether oxygens (including phenoxy) is 1. The molecule has 2 aromatic carbocycles. The van der Waals surface area contributed by atoms with Gasteiger partial charge in [-0.3, -0.25) is 4.79 Å². The van der Waals surface area contributed by atoms with Gasteiger partial charge in [0.15, 0.2) is 0 Å². The quantitative estimate of drug-likeness (QED) is 0.674. The van der Waals surface area contributed by atoms with Crippen LogP contribution in [0.4, 0.5) is 20.6 Å². The normalized spacial score (nSPS) is 18.8. The van der Waals surface area contributed by atoms with E-state index >= 15 is 0 Å². The highest BCUT2D eigenvalue weighted by Crippen LogP contribution is 2.31. The Hall–Kier alpha value is -3.33. The standard InChI is InChI=1S/C25H33FN4O4/c1-16-13-30(17(2)15-31)24(32)21-12-20(28(3)4)10-11-22(21)34-23(16)14-29(5)25(33)27-19-8-6-18(26)7-9-19/h6-12,16-17,23,31H,13-15H2,1-5H3,(H,27,33)/t16-,17-,23+/m1/s1. The summed E-state index contributed by atoms with van der Waals surface area (Å²) in [5.74, 6) is -0.265. The topological polar surface area (TPSA) is 85.4 Å². The molecule has 1 aliphatic rings. The third-order valence-electron chi connectivity index (χ3n) is 6.06. The maximum Gasteiger partial charge on any atom is 0.321 e. The molecule has 0 aromatic heterocycles. The Morgan fingerprint density at radius 2 is 1.91 bits per heavy atom. The summed E-state index contributed by atoms with van der Waals surface area (Å²) in [5, 5.41) is 12.5. The van der Waals surface area contributed by atoms with Crippen molar-refractivity contribution in [3.8, 4) is 5.75 Å². The third-order valence-corrected chi connectivity index (χ3v) is 6.06. The van der Waals surface area contributed by atoms with Crippen molar-refractivity contribution in [2.75, 3.05) is 51.1 Å². The van der Waals surface area contributed by atoms with Crippen molar-refractivity contribution in [2.24, 2.45) is 5.92 Å². The Balaban J connectivity index is 1.85. The minimum Gasteiger partial charge on any atom is -0.487 e. The van der Waals surface area contributed by atoms with Crippen LogP contribution in [0, 0.1) is 11.7 Å². The Bertz CT molecular complexity index is 1010. The molecule has 0 fully saturated rings. The predicted molar refractivity (Wildman–Crippen MR) is 130 cm³/mol. The number of hydrogen-bond acceptors (Lipinski definition) is 5. The van der Waals surface area contributed by atoms with Gasteiger partial charge in [0.25, 0.3) is 5.91 Å². The average Bonchev–Trinajstić information content (AvgIpc) is 2.81. The number of nitrogens with zero attached hydrogens (tertiary/aromatic N) is 3. The molecule has 0 radical (unpaired) electrons. The second-order valence-corrected chi connectivity index (χ2v) is 9.02. The molecule has 1 heterocycles. The maximum atomic E-state index is 13.4. The molecule has 0 saturated heterocycles. The van der Waals surface area contributed by atoms with E-state index in [1.807, 2.05) is 32.0 Å². The molecular formula is C25H33FN4O4. The van der Waals surface area contributed by atoms with Gasteiger partial charge in [-0.2, -0.15) is 0 Å². The molecule has 2 aromatic rings. The summed E-state index contributed by atoms with van der Waals surface area (Å²) < 4.78 is 19.5. The van der Waals surface area contributed by atoms with E-state index in [0.29, 0.717) is 23.5 Å². The van der Waals surface area contributed by atoms with Crippen LogP contribution in [0.25, 0.3) is 0 Å². The van der Waals surface area contributed by atoms with Crippen molar-refractivity contribution in [2.45, 2.75) is 26.0 Å². The summed E-state index contributed by atoms with van der Waals surface area (Å²) in [4.78, 5) is 31.2. The largest absolute Gasteiger partial charge is 0.487 e. The zero-order chi connectivity index (χ0) is 25.0. The molecule has 0 saturated carbocycles. The highest BCUT2D eigenvalue weighted by Gasteiger charge is 2.34. The minimum absolute atomic E-state index is 0.124. The number of fused-ring (bicyclic) bond motifs is 1. The van der Waals surface area contributed by atoms with Gasteiger partial charge in [-0.15, -0.1) is 0 Å². The molecule has 1 aliphatic heterocycles. The fourth-order valence-electron chi connectivity index (χ4n) is 3.81. The van der Waals surface area contributed by atoms with Crippen molar-refractivity contribution >= 4 is 23.3 Å². The molecule has 9 heteroatoms. The van der Waals surface area contributed by atoms with Crippen LogP contribution in [0.5, 0.6) is 5.75 Å². The van der Waals surface area contributed by atoms with Crippen molar-refractivity contribution in [1.82, 2.24) is 9.80 Å². The first-order valence-corrected chi connectivity index (χ1v) is 11.3. The molecule has 3 amide bonds. The van der Waals surface area contributed by atoms with Gasteiger partial charge >= 0.3 is 6.03 Å². The molecule has 0 unspecified atom stereocenters. The van der Waals surface area contributed by atoms with Crippen LogP contribution >= 0.6 is 0 Å². The predicted octanol–water partition coefficient (Wildman–Crippen LogP) is 3.28. The average molecular weight is 473 g/mol. The number of amides is 3. The fourth-order valence-corrected chi connectivity index (χ4v) is 3.81. The number of halogens is 1. The summed E-state index contributed by atoms with van der Waals surface area (Å²) in [6.07, 6.45) is -0.408. The minimum atomic E-state index is -0.408. The van der Waals surface area contributed by atoms with E-state index in [2.05, 4.69) is 5.32 Å². The lowest BCUT2D eigenvalue weighted by atomic mass is 9.99. The van der Waals surface area contributed by atoms with Gasteiger partial charge in [0.1, 0.15) is 17.7 Å². The first kappa shape index (κ1) is 25.3. The molecule has 3 rings (SSSR count). The molecule has 0 aliphatic carbocycles. The molecule has 3 atom stereocenters. The first-order valence-electron chi connectivity index (χ1n) is 11.3. The fraction of sp³-hybridized carbons (Fsp3) is 0.440. The monoisotopic (exact) mass is 472 g/mol. The Labute approximate surface area is 199 Å². The van der Waals surface area contributed by atoms with Crippen LogP contribution in [-0.2, 0) is 0 Å². The Kier molecular flexibility index (Phi) is 7.98. The number of carbonyl (C=O) groups excluding carboxylic acids is 2. The highest BCUT2D eigenvalue weighted by molar-refractivity contribution is 5.98. The van der Waals surface area contributed by atoms with Gasteiger partial charge in [0, 0.05) is 45.0 Å². The number of urea groups is 1. The van der Waals surface area contributed by atoms with Gasteiger partial charge in [0.2, 0.25) is 0 Å². The van der Waals surface area contributed by atoms with Gasteiger partial charge < -0.3 is 29.9 Å². The summed E-state index contributed by atoms with van der Waals surface area (Å²) in [6, 6.07) is 10.3. The number of hydrogen-bond donors (Lipinski definition) is 2. The van der Waals surface area contributed by atoms with E-state index in [1.54, 1.807) is 31.0 Å². The smallest absolute Gasteiger partial charge is 0.321 e. The SMILES string of the molecule is C[C@@H]1CN([C@H](C)CO)C(=O)c2cc(N(C)C)ccc2O[C@H]1CN(C)C(=O)Nc1ccc(F)cc1. The zero-order valence-corrected chi connectivity index (χ0v) is 20.3. The summed E-state index contributed by atoms with van der Waals surface area (Å²) >= 11 is 0. The summed E-state index contributed by atoms with van der Waals surface area (Å²) in [6.45, 7) is 4.23. The lowest BCUT2D eigenvalue weighted by molar-refractivity contribution is 0.0371. The van der Waals surface area contributed by atoms with E-state index in [9.17, 15) is 19.1 Å². The van der Waals surface area contributed by atoms with Crippen LogP contribution in [0.1, 0.15) is 24.2 Å². The Morgan fingerprint density at radius 3 is 2.53 bits per heavy atom. The van der Waals surface area contributed by atoms with Gasteiger partial charge in [0.05, 0.1) is 24.8 Å². The molecular weight excluding hydrogens is 439 g/mol. The zero-order valence-electron chi connectivity index (χ0n) is 20.3. The number of likely N-dealkylation sites (N-methyl/N-ethyl adjacent to an activating group) is 1. The Morgan fingerprint density at radius 1 is 1.24 bits per heavy atom. The van der Waals surface area contributed by atoms with Crippen molar-refractivity contribution in [3.05, 3.63) is 53.8 Å². The summed E-state index contributed by atoms with van der Waals surface area (Å²) in [7, 11) is 5.44. The first-order chi connectivity index (χ1) is 16.1. The van der Waals surface area contributed by atoms with Gasteiger partial charge in [-0.05, 0) is 49.4 Å². The number of aliphatic hydroxyl groups excluding tert-OH is 1. The molecule has 2 N–H and O–H groups in total. The number of benzene rings is 2. The van der Waals surface area contributed by atoms with Crippen LogP contribution in [0.2, 0.25) is 0 Å². The second kappa shape index (κ2) is 10.7. The molecule has 0 spiro atoms. The van der Waals surface area contributed by atoms with Crippen LogP contribution in [0.15, 0.2) is 42.5 Å². The number of aliphatic hydroxyl groups is 1. The molecule has 34 heavy (non-hydrogen) atoms. The highest BCUT2D eigenvalue weighted by atomic mass is 19.1. The van der Waals surface area contributed by atoms with Gasteiger partial charge in [-0.25, -0.2) is 9.18 Å². The van der Waals surface area contributed by atoms with Crippen LogP contribution in [0.3, 0.4) is 0 Å². The second-order valence-electron chi connectivity index (χ2n) is 9.02. The van der Waals surface area contributed by atoms with E-state index in [1.165, 1.54) is 29.2 Å². The number of nitrogens with one attached hydrogen (secondary N) is 1. The van der Waals surface area contributed by atoms with E-state index < -0.39 is 6.10 Å². The number of rotatable bonds is 6. The molecule has 184 valence electrons. The lowest BCUT2D eigenvalue weighted by Crippen LogP contribution is -2.50. The summed E-state index contributed by atoms with van der Waals surface area (Å²) in [5.41, 5.74) is 1.76.